The molecule has 0 aliphatic heterocycles. The zero-order valence-corrected chi connectivity index (χ0v) is 28.0. The maximum atomic E-state index is 6.70. The molecule has 0 amide bonds. The molecular weight excluding hydrogens is 635 g/mol. The van der Waals surface area contributed by atoms with Crippen molar-refractivity contribution in [3.8, 4) is 39.6 Å². The molecule has 4 heteroatoms. The molecule has 0 saturated carbocycles. The number of hydrogen-bond acceptors (Lipinski definition) is 3. The van der Waals surface area contributed by atoms with E-state index in [1.807, 2.05) is 6.07 Å². The smallest absolute Gasteiger partial charge is 0.235 e. The first-order chi connectivity index (χ1) is 25.8. The number of aromatic nitrogens is 3. The van der Waals surface area contributed by atoms with Crippen LogP contribution in [-0.2, 0) is 0 Å². The molecule has 3 heterocycles. The average molecular weight is 664 g/mol. The summed E-state index contributed by atoms with van der Waals surface area (Å²) in [4.78, 5) is 10.7. The molecule has 0 saturated heterocycles. The van der Waals surface area contributed by atoms with Gasteiger partial charge in [-0.25, -0.2) is 9.97 Å². The SMILES string of the molecule is c1ccc(-c2ccc3c(c2)c2c4ccccc4ccc2n3-c2nc(-c3ccccc3)cc(-c3cccc4c3oc3ccc5ccccc5c34)n2)cc1. The van der Waals surface area contributed by atoms with Gasteiger partial charge in [-0.05, 0) is 69.1 Å². The van der Waals surface area contributed by atoms with Gasteiger partial charge in [-0.3, -0.25) is 4.57 Å². The molecule has 0 aliphatic carbocycles. The summed E-state index contributed by atoms with van der Waals surface area (Å²) in [6, 6.07) is 61.9. The predicted molar refractivity (Wildman–Crippen MR) is 215 cm³/mol. The third kappa shape index (κ3) is 4.34. The first kappa shape index (κ1) is 28.8. The molecule has 8 aromatic carbocycles. The minimum Gasteiger partial charge on any atom is -0.455 e. The number of furan rings is 1. The molecule has 0 aliphatic rings. The van der Waals surface area contributed by atoms with Crippen molar-refractivity contribution in [1.29, 1.82) is 0 Å². The molecule has 11 aromatic rings. The lowest BCUT2D eigenvalue weighted by atomic mass is 10.0. The molecule has 0 radical (unpaired) electrons. The Hall–Kier alpha value is -7.04. The van der Waals surface area contributed by atoms with Crippen LogP contribution >= 0.6 is 0 Å². The second kappa shape index (κ2) is 11.2. The van der Waals surface area contributed by atoms with E-state index in [1.54, 1.807) is 0 Å². The van der Waals surface area contributed by atoms with Crippen LogP contribution in [0.1, 0.15) is 0 Å². The van der Waals surface area contributed by atoms with Gasteiger partial charge in [0, 0.05) is 32.7 Å². The van der Waals surface area contributed by atoms with Crippen molar-refractivity contribution in [3.05, 3.63) is 176 Å². The van der Waals surface area contributed by atoms with E-state index >= 15 is 0 Å². The van der Waals surface area contributed by atoms with E-state index in [2.05, 4.69) is 174 Å². The summed E-state index contributed by atoms with van der Waals surface area (Å²) in [5.74, 6) is 0.609. The van der Waals surface area contributed by atoms with E-state index in [0.29, 0.717) is 5.95 Å². The van der Waals surface area contributed by atoms with Gasteiger partial charge in [0.05, 0.1) is 22.4 Å². The second-order valence-electron chi connectivity index (χ2n) is 13.4. The monoisotopic (exact) mass is 663 g/mol. The summed E-state index contributed by atoms with van der Waals surface area (Å²) in [7, 11) is 0. The highest BCUT2D eigenvalue weighted by atomic mass is 16.3. The van der Waals surface area contributed by atoms with E-state index in [1.165, 1.54) is 38.1 Å². The maximum Gasteiger partial charge on any atom is 0.235 e. The standard InChI is InChI=1S/C48H29N3O/c1-3-12-30(13-4-1)34-23-25-42-39(28-34)45-35-18-9-7-14-31(35)22-26-43(45)51(42)48-49-40(33-16-5-2-6-17-33)29-41(50-48)37-20-11-21-38-46-36-19-10-8-15-32(36)24-27-44(46)52-47(37)38/h1-29H. The zero-order chi connectivity index (χ0) is 34.2. The summed E-state index contributed by atoms with van der Waals surface area (Å²) in [6.07, 6.45) is 0. The Morgan fingerprint density at radius 3 is 1.83 bits per heavy atom. The number of rotatable bonds is 4. The highest BCUT2D eigenvalue weighted by Crippen LogP contribution is 2.41. The number of para-hydroxylation sites is 1. The van der Waals surface area contributed by atoms with Crippen LogP contribution in [0.3, 0.4) is 0 Å². The third-order valence-electron chi connectivity index (χ3n) is 10.4. The maximum absolute atomic E-state index is 6.70. The lowest BCUT2D eigenvalue weighted by Gasteiger charge is -2.12. The molecule has 0 unspecified atom stereocenters. The topological polar surface area (TPSA) is 43.9 Å². The van der Waals surface area contributed by atoms with Gasteiger partial charge in [0.25, 0.3) is 0 Å². The summed E-state index contributed by atoms with van der Waals surface area (Å²) in [5.41, 5.74) is 9.74. The van der Waals surface area contributed by atoms with Gasteiger partial charge >= 0.3 is 0 Å². The van der Waals surface area contributed by atoms with Gasteiger partial charge in [-0.1, -0.05) is 140 Å². The van der Waals surface area contributed by atoms with E-state index < -0.39 is 0 Å². The van der Waals surface area contributed by atoms with Crippen molar-refractivity contribution in [3.63, 3.8) is 0 Å². The number of fused-ring (bicyclic) bond motifs is 10. The fraction of sp³-hybridized carbons (Fsp3) is 0. The van der Waals surface area contributed by atoms with Crippen LogP contribution in [0.4, 0.5) is 0 Å². The van der Waals surface area contributed by atoms with E-state index in [4.69, 9.17) is 14.4 Å². The Bertz CT molecular complexity index is 3180. The van der Waals surface area contributed by atoms with Crippen molar-refractivity contribution in [2.24, 2.45) is 0 Å². The number of hydrogen-bond donors (Lipinski definition) is 0. The van der Waals surface area contributed by atoms with Gasteiger partial charge in [0.2, 0.25) is 5.95 Å². The van der Waals surface area contributed by atoms with Gasteiger partial charge in [-0.15, -0.1) is 0 Å². The van der Waals surface area contributed by atoms with Crippen LogP contribution in [0.5, 0.6) is 0 Å². The van der Waals surface area contributed by atoms with E-state index in [-0.39, 0.29) is 0 Å². The van der Waals surface area contributed by atoms with Gasteiger partial charge in [0.15, 0.2) is 0 Å². The summed E-state index contributed by atoms with van der Waals surface area (Å²) in [6.45, 7) is 0. The van der Waals surface area contributed by atoms with Crippen LogP contribution in [0.2, 0.25) is 0 Å². The van der Waals surface area contributed by atoms with Crippen LogP contribution in [0.25, 0.3) is 105 Å². The second-order valence-corrected chi connectivity index (χ2v) is 13.4. The van der Waals surface area contributed by atoms with Crippen LogP contribution in [0, 0.1) is 0 Å². The minimum atomic E-state index is 0.609. The Morgan fingerprint density at radius 1 is 0.404 bits per heavy atom. The van der Waals surface area contributed by atoms with Gasteiger partial charge in [0.1, 0.15) is 11.2 Å². The molecule has 242 valence electrons. The summed E-state index contributed by atoms with van der Waals surface area (Å²) in [5, 5.41) is 9.31. The lowest BCUT2D eigenvalue weighted by molar-refractivity contribution is 0.670. The van der Waals surface area contributed by atoms with E-state index in [0.717, 1.165) is 60.9 Å². The normalized spacial score (nSPS) is 11.8. The van der Waals surface area contributed by atoms with Crippen molar-refractivity contribution < 1.29 is 4.42 Å². The highest BCUT2D eigenvalue weighted by molar-refractivity contribution is 6.22. The molecule has 0 spiro atoms. The molecule has 52 heavy (non-hydrogen) atoms. The summed E-state index contributed by atoms with van der Waals surface area (Å²) < 4.78 is 8.93. The van der Waals surface area contributed by atoms with Gasteiger partial charge in [-0.2, -0.15) is 0 Å². The lowest BCUT2D eigenvalue weighted by Crippen LogP contribution is -2.04. The molecule has 0 atom stereocenters. The number of nitrogens with zero attached hydrogens (tertiary/aromatic N) is 3. The zero-order valence-electron chi connectivity index (χ0n) is 28.0. The van der Waals surface area contributed by atoms with Crippen molar-refractivity contribution in [2.75, 3.05) is 0 Å². The third-order valence-corrected chi connectivity index (χ3v) is 10.4. The van der Waals surface area contributed by atoms with Crippen LogP contribution in [0.15, 0.2) is 180 Å². The minimum absolute atomic E-state index is 0.609. The van der Waals surface area contributed by atoms with Crippen LogP contribution < -0.4 is 0 Å². The largest absolute Gasteiger partial charge is 0.455 e. The molecule has 0 N–H and O–H groups in total. The first-order valence-electron chi connectivity index (χ1n) is 17.6. The molecule has 0 fully saturated rings. The molecular formula is C48H29N3O. The Balaban J connectivity index is 1.22. The number of benzene rings is 8. The van der Waals surface area contributed by atoms with Gasteiger partial charge < -0.3 is 4.42 Å². The fourth-order valence-electron chi connectivity index (χ4n) is 8.02. The first-order valence-corrected chi connectivity index (χ1v) is 17.6. The predicted octanol–water partition coefficient (Wildman–Crippen LogP) is 12.8. The van der Waals surface area contributed by atoms with Crippen molar-refractivity contribution in [2.45, 2.75) is 0 Å². The fourth-order valence-corrected chi connectivity index (χ4v) is 8.02. The Labute approximate surface area is 298 Å². The summed E-state index contributed by atoms with van der Waals surface area (Å²) >= 11 is 0. The van der Waals surface area contributed by atoms with E-state index in [9.17, 15) is 0 Å². The van der Waals surface area contributed by atoms with Crippen molar-refractivity contribution in [1.82, 2.24) is 14.5 Å². The quantitative estimate of drug-likeness (QED) is 0.188. The Kier molecular flexibility index (Phi) is 6.22. The molecule has 0 bridgehead atoms. The van der Waals surface area contributed by atoms with Crippen LogP contribution in [-0.4, -0.2) is 14.5 Å². The molecule has 3 aromatic heterocycles. The average Bonchev–Trinajstić information content (AvgIpc) is 3.77. The Morgan fingerprint density at radius 2 is 1.04 bits per heavy atom. The highest BCUT2D eigenvalue weighted by Gasteiger charge is 2.21. The van der Waals surface area contributed by atoms with Crippen molar-refractivity contribution >= 4 is 65.3 Å². The molecule has 4 nitrogen and oxygen atoms in total. The molecule has 11 rings (SSSR count).